The Labute approximate surface area is 258 Å². The minimum absolute atomic E-state index is 0.0276. The fraction of sp³-hybridized carbons (Fsp3) is 0.529. The molecule has 0 radical (unpaired) electrons. The molecule has 0 spiro atoms. The lowest BCUT2D eigenvalue weighted by Gasteiger charge is -2.36. The maximum atomic E-state index is 14.2. The molecule has 1 atom stereocenters. The first-order valence-electron chi connectivity index (χ1n) is 15.9. The Morgan fingerprint density at radius 3 is 2.58 bits per heavy atom. The Hall–Kier alpha value is -3.17. The zero-order valence-corrected chi connectivity index (χ0v) is 26.0. The van der Waals surface area contributed by atoms with Crippen LogP contribution in [0.4, 0.5) is 20.6 Å². The molecule has 1 fully saturated rings. The number of benzene rings is 2. The predicted molar refractivity (Wildman–Crippen MR) is 172 cm³/mol. The van der Waals surface area contributed by atoms with Crippen LogP contribution in [0.25, 0.3) is 10.1 Å². The highest BCUT2D eigenvalue weighted by molar-refractivity contribution is 7.17. The Bertz CT molecular complexity index is 1390. The summed E-state index contributed by atoms with van der Waals surface area (Å²) >= 11 is 1.57. The lowest BCUT2D eigenvalue weighted by atomic mass is 9.97. The van der Waals surface area contributed by atoms with E-state index in [9.17, 15) is 19.1 Å². The molecule has 1 amide bonds. The number of rotatable bonds is 14. The SMILES string of the molecule is CCCCCCCCC(CN1C(=O)CCc2ccc(CCN3CCN(c4cc(F)cc5sccc45)CC3)cc21)OC(=O)O. The molecule has 2 aliphatic rings. The average molecular weight is 610 g/mol. The van der Waals surface area contributed by atoms with Crippen LogP contribution in [-0.2, 0) is 22.4 Å². The van der Waals surface area contributed by atoms with E-state index < -0.39 is 12.3 Å². The quantitative estimate of drug-likeness (QED) is 0.151. The molecule has 0 bridgehead atoms. The van der Waals surface area contributed by atoms with Crippen molar-refractivity contribution in [1.29, 1.82) is 0 Å². The van der Waals surface area contributed by atoms with Crippen LogP contribution in [0.3, 0.4) is 0 Å². The van der Waals surface area contributed by atoms with Gasteiger partial charge in [0.1, 0.15) is 11.9 Å². The summed E-state index contributed by atoms with van der Waals surface area (Å²) in [7, 11) is 0. The van der Waals surface area contributed by atoms with Crippen LogP contribution >= 0.6 is 11.3 Å². The number of anilines is 2. The molecule has 5 rings (SSSR count). The summed E-state index contributed by atoms with van der Waals surface area (Å²) in [5, 5.41) is 12.5. The smallest absolute Gasteiger partial charge is 0.450 e. The van der Waals surface area contributed by atoms with Gasteiger partial charge in [-0.25, -0.2) is 9.18 Å². The third-order valence-corrected chi connectivity index (χ3v) is 9.69. The molecule has 7 nitrogen and oxygen atoms in total. The van der Waals surface area contributed by atoms with E-state index in [0.29, 0.717) is 19.3 Å². The fourth-order valence-electron chi connectivity index (χ4n) is 6.41. The molecule has 43 heavy (non-hydrogen) atoms. The maximum Gasteiger partial charge on any atom is 0.506 e. The first kappa shape index (κ1) is 31.3. The summed E-state index contributed by atoms with van der Waals surface area (Å²) in [6, 6.07) is 11.7. The number of halogens is 1. The van der Waals surface area contributed by atoms with Gasteiger partial charge in [-0.1, -0.05) is 51.2 Å². The van der Waals surface area contributed by atoms with E-state index in [1.807, 2.05) is 5.38 Å². The number of aryl methyl sites for hydroxylation is 1. The van der Waals surface area contributed by atoms with E-state index in [2.05, 4.69) is 41.0 Å². The zero-order chi connectivity index (χ0) is 30.2. The predicted octanol–water partition coefficient (Wildman–Crippen LogP) is 7.50. The highest BCUT2D eigenvalue weighted by Crippen LogP contribution is 2.33. The van der Waals surface area contributed by atoms with E-state index in [4.69, 9.17) is 4.74 Å². The topological polar surface area (TPSA) is 73.3 Å². The first-order valence-corrected chi connectivity index (χ1v) is 16.7. The van der Waals surface area contributed by atoms with E-state index in [1.165, 1.54) is 19.3 Å². The largest absolute Gasteiger partial charge is 0.506 e. The van der Waals surface area contributed by atoms with Crippen LogP contribution < -0.4 is 9.80 Å². The second-order valence-corrected chi connectivity index (χ2v) is 12.8. The number of unbranched alkanes of at least 4 members (excludes halogenated alkanes) is 5. The Balaban J connectivity index is 1.17. The standard InChI is InChI=1S/C34H44FN3O4S/c1-2-3-4-5-6-7-8-28(42-34(40)41)24-38-30-21-25(9-10-26(30)11-12-33(38)39)13-15-36-16-18-37(19-17-36)31-22-27(35)23-32-29(31)14-20-43-32/h9-10,14,20-23,28H,2-8,11-13,15-19,24H2,1H3,(H,40,41). The molecule has 3 aromatic rings. The third-order valence-electron chi connectivity index (χ3n) is 8.83. The lowest BCUT2D eigenvalue weighted by molar-refractivity contribution is -0.119. The number of nitrogens with zero attached hydrogens (tertiary/aromatic N) is 3. The van der Waals surface area contributed by atoms with Crippen molar-refractivity contribution in [2.24, 2.45) is 0 Å². The number of hydrogen-bond acceptors (Lipinski definition) is 6. The zero-order valence-electron chi connectivity index (χ0n) is 25.2. The van der Waals surface area contributed by atoms with E-state index in [0.717, 1.165) is 91.0 Å². The molecule has 1 aromatic heterocycles. The molecular weight excluding hydrogens is 565 g/mol. The van der Waals surface area contributed by atoms with Gasteiger partial charge in [-0.3, -0.25) is 9.69 Å². The molecule has 3 heterocycles. The molecule has 9 heteroatoms. The molecular formula is C34H44FN3O4S. The number of hydrogen-bond donors (Lipinski definition) is 1. The van der Waals surface area contributed by atoms with Crippen LogP contribution in [0.1, 0.15) is 69.4 Å². The summed E-state index contributed by atoms with van der Waals surface area (Å²) in [6.07, 6.45) is 7.47. The minimum Gasteiger partial charge on any atom is -0.450 e. The number of fused-ring (bicyclic) bond motifs is 2. The number of carbonyl (C=O) groups is 2. The average Bonchev–Trinajstić information content (AvgIpc) is 3.47. The first-order chi connectivity index (χ1) is 20.9. The van der Waals surface area contributed by atoms with Gasteiger partial charge in [0.05, 0.1) is 6.54 Å². The summed E-state index contributed by atoms with van der Waals surface area (Å²) in [4.78, 5) is 31.0. The van der Waals surface area contributed by atoms with E-state index in [-0.39, 0.29) is 18.3 Å². The van der Waals surface area contributed by atoms with Crippen molar-refractivity contribution in [2.45, 2.75) is 77.2 Å². The van der Waals surface area contributed by atoms with Crippen molar-refractivity contribution in [2.75, 3.05) is 49.1 Å². The van der Waals surface area contributed by atoms with Crippen LogP contribution in [0.2, 0.25) is 0 Å². The van der Waals surface area contributed by atoms with Gasteiger partial charge < -0.3 is 19.6 Å². The van der Waals surface area contributed by atoms with Gasteiger partial charge >= 0.3 is 6.16 Å². The number of carbonyl (C=O) groups excluding carboxylic acids is 1. The molecule has 1 unspecified atom stereocenters. The number of amides is 1. The Morgan fingerprint density at radius 2 is 1.79 bits per heavy atom. The van der Waals surface area contributed by atoms with Crippen LogP contribution in [-0.4, -0.2) is 67.4 Å². The number of thiophene rings is 1. The van der Waals surface area contributed by atoms with E-state index >= 15 is 0 Å². The van der Waals surface area contributed by atoms with Gasteiger partial charge in [0.15, 0.2) is 0 Å². The molecule has 0 saturated carbocycles. The molecule has 232 valence electrons. The number of ether oxygens (including phenoxy) is 1. The van der Waals surface area contributed by atoms with Gasteiger partial charge in [-0.2, -0.15) is 0 Å². The summed E-state index contributed by atoms with van der Waals surface area (Å²) < 4.78 is 20.5. The van der Waals surface area contributed by atoms with Gasteiger partial charge in [-0.15, -0.1) is 11.3 Å². The number of carboxylic acid groups (broad SMARTS) is 1. The van der Waals surface area contributed by atoms with Crippen molar-refractivity contribution >= 4 is 44.9 Å². The van der Waals surface area contributed by atoms with Gasteiger partial charge in [-0.05, 0) is 66.5 Å². The Kier molecular flexibility index (Phi) is 10.9. The van der Waals surface area contributed by atoms with Crippen LogP contribution in [0, 0.1) is 5.82 Å². The van der Waals surface area contributed by atoms with Gasteiger partial charge in [0, 0.05) is 60.6 Å². The second-order valence-electron chi connectivity index (χ2n) is 11.9. The van der Waals surface area contributed by atoms with Crippen molar-refractivity contribution < 1.29 is 23.8 Å². The summed E-state index contributed by atoms with van der Waals surface area (Å²) in [5.41, 5.74) is 4.17. The summed E-state index contributed by atoms with van der Waals surface area (Å²) in [6.45, 7) is 6.87. The molecule has 1 N–H and O–H groups in total. The van der Waals surface area contributed by atoms with Gasteiger partial charge in [0.25, 0.3) is 0 Å². The maximum absolute atomic E-state index is 14.2. The molecule has 2 aliphatic heterocycles. The number of piperazine rings is 1. The molecule has 1 saturated heterocycles. The van der Waals surface area contributed by atoms with Crippen molar-refractivity contribution in [3.8, 4) is 0 Å². The van der Waals surface area contributed by atoms with E-state index in [1.54, 1.807) is 28.4 Å². The Morgan fingerprint density at radius 1 is 1.00 bits per heavy atom. The highest BCUT2D eigenvalue weighted by Gasteiger charge is 2.28. The van der Waals surface area contributed by atoms with Crippen molar-refractivity contribution in [3.63, 3.8) is 0 Å². The minimum atomic E-state index is -1.29. The van der Waals surface area contributed by atoms with Crippen molar-refractivity contribution in [1.82, 2.24) is 4.90 Å². The van der Waals surface area contributed by atoms with Crippen LogP contribution in [0.15, 0.2) is 41.8 Å². The van der Waals surface area contributed by atoms with Gasteiger partial charge in [0.2, 0.25) is 5.91 Å². The summed E-state index contributed by atoms with van der Waals surface area (Å²) in [5.74, 6) is -0.157. The normalized spacial score (nSPS) is 16.5. The second kappa shape index (κ2) is 15.0. The van der Waals surface area contributed by atoms with Crippen molar-refractivity contribution in [3.05, 3.63) is 58.7 Å². The molecule has 0 aliphatic carbocycles. The highest BCUT2D eigenvalue weighted by atomic mass is 32.1. The fourth-order valence-corrected chi connectivity index (χ4v) is 7.24. The monoisotopic (exact) mass is 609 g/mol. The third kappa shape index (κ3) is 8.26. The molecule has 2 aromatic carbocycles. The lowest BCUT2D eigenvalue weighted by Crippen LogP contribution is -2.47. The van der Waals surface area contributed by atoms with Crippen LogP contribution in [0.5, 0.6) is 0 Å².